The lowest BCUT2D eigenvalue weighted by molar-refractivity contribution is 0.402. The van der Waals surface area contributed by atoms with Crippen LogP contribution >= 0.6 is 0 Å². The molecule has 2 aromatic carbocycles. The molecule has 0 aromatic heterocycles. The smallest absolute Gasteiger partial charge is 0.123 e. The van der Waals surface area contributed by atoms with Gasteiger partial charge >= 0.3 is 0 Å². The average molecular weight is 303 g/mol. The van der Waals surface area contributed by atoms with E-state index >= 15 is 0 Å². The van der Waals surface area contributed by atoms with Crippen molar-refractivity contribution in [3.8, 4) is 5.75 Å². The van der Waals surface area contributed by atoms with Gasteiger partial charge in [0.1, 0.15) is 5.75 Å². The van der Waals surface area contributed by atoms with Gasteiger partial charge in [0.05, 0.1) is 17.9 Å². The van der Waals surface area contributed by atoms with Crippen molar-refractivity contribution in [2.45, 2.75) is 17.9 Å². The average Bonchev–Trinajstić information content (AvgIpc) is 2.55. The third-order valence-electron chi connectivity index (χ3n) is 3.29. The molecular weight excluding hydrogens is 282 g/mol. The van der Waals surface area contributed by atoms with Crippen molar-refractivity contribution < 1.29 is 8.95 Å². The van der Waals surface area contributed by atoms with Gasteiger partial charge in [-0.2, -0.15) is 0 Å². The second-order valence-electron chi connectivity index (χ2n) is 4.68. The molecule has 0 radical (unpaired) electrons. The van der Waals surface area contributed by atoms with Crippen LogP contribution in [0.15, 0.2) is 59.5 Å². The SMILES string of the molecule is CCNC(CS(=O)c1ccccc1)c1ccccc1OC. The molecule has 0 fully saturated rings. The van der Waals surface area contributed by atoms with E-state index in [0.29, 0.717) is 5.75 Å². The Kier molecular flexibility index (Phi) is 5.96. The molecule has 21 heavy (non-hydrogen) atoms. The number of nitrogens with one attached hydrogen (secondary N) is 1. The Labute approximate surface area is 128 Å². The molecule has 4 heteroatoms. The monoisotopic (exact) mass is 303 g/mol. The van der Waals surface area contributed by atoms with Crippen molar-refractivity contribution in [2.75, 3.05) is 19.4 Å². The molecule has 2 aromatic rings. The lowest BCUT2D eigenvalue weighted by atomic mass is 10.1. The molecule has 2 rings (SSSR count). The largest absolute Gasteiger partial charge is 0.496 e. The lowest BCUT2D eigenvalue weighted by Gasteiger charge is -2.20. The lowest BCUT2D eigenvalue weighted by Crippen LogP contribution is -2.26. The minimum absolute atomic E-state index is 0.00666. The maximum Gasteiger partial charge on any atom is 0.123 e. The van der Waals surface area contributed by atoms with E-state index in [9.17, 15) is 4.21 Å². The molecule has 0 saturated heterocycles. The van der Waals surface area contributed by atoms with Gasteiger partial charge in [0.2, 0.25) is 0 Å². The Morgan fingerprint density at radius 2 is 1.76 bits per heavy atom. The van der Waals surface area contributed by atoms with Gasteiger partial charge in [0, 0.05) is 22.3 Å². The van der Waals surface area contributed by atoms with Crippen LogP contribution in [0.2, 0.25) is 0 Å². The minimum Gasteiger partial charge on any atom is -0.496 e. The third-order valence-corrected chi connectivity index (χ3v) is 4.72. The number of para-hydroxylation sites is 1. The zero-order chi connectivity index (χ0) is 15.1. The minimum atomic E-state index is -1.04. The zero-order valence-electron chi connectivity index (χ0n) is 12.4. The number of ether oxygens (including phenoxy) is 1. The molecule has 3 nitrogen and oxygen atoms in total. The molecule has 0 spiro atoms. The molecule has 0 aliphatic heterocycles. The Hall–Kier alpha value is -1.65. The third kappa shape index (κ3) is 4.16. The molecule has 0 amide bonds. The molecule has 112 valence electrons. The Morgan fingerprint density at radius 3 is 2.43 bits per heavy atom. The highest BCUT2D eigenvalue weighted by molar-refractivity contribution is 7.85. The number of methoxy groups -OCH3 is 1. The molecule has 0 bridgehead atoms. The Bertz CT molecular complexity index is 586. The predicted octanol–water partition coefficient (Wildman–Crippen LogP) is 3.15. The first kappa shape index (κ1) is 15.7. The number of benzene rings is 2. The standard InChI is InChI=1S/C17H21NO2S/c1-3-18-16(15-11-7-8-12-17(15)20-2)13-21(19)14-9-5-4-6-10-14/h4-12,16,18H,3,13H2,1-2H3. The maximum atomic E-state index is 12.5. The van der Waals surface area contributed by atoms with Crippen LogP contribution in [0.4, 0.5) is 0 Å². The van der Waals surface area contributed by atoms with Crippen LogP contribution in [0, 0.1) is 0 Å². The highest BCUT2D eigenvalue weighted by Crippen LogP contribution is 2.26. The highest BCUT2D eigenvalue weighted by Gasteiger charge is 2.18. The Balaban J connectivity index is 2.21. The van der Waals surface area contributed by atoms with Gasteiger partial charge in [-0.1, -0.05) is 43.3 Å². The molecule has 1 N–H and O–H groups in total. The molecule has 0 heterocycles. The summed E-state index contributed by atoms with van der Waals surface area (Å²) >= 11 is 0. The van der Waals surface area contributed by atoms with E-state index in [0.717, 1.165) is 22.8 Å². The van der Waals surface area contributed by atoms with Gasteiger partial charge in [-0.25, -0.2) is 0 Å². The van der Waals surface area contributed by atoms with Crippen LogP contribution in [-0.2, 0) is 10.8 Å². The van der Waals surface area contributed by atoms with Crippen LogP contribution in [-0.4, -0.2) is 23.6 Å². The van der Waals surface area contributed by atoms with Crippen LogP contribution in [0.5, 0.6) is 5.75 Å². The number of rotatable bonds is 7. The normalized spacial score (nSPS) is 13.6. The molecule has 2 unspecified atom stereocenters. The fourth-order valence-electron chi connectivity index (χ4n) is 2.28. The van der Waals surface area contributed by atoms with E-state index < -0.39 is 10.8 Å². The van der Waals surface area contributed by atoms with Gasteiger partial charge in [0.15, 0.2) is 0 Å². The van der Waals surface area contributed by atoms with E-state index in [2.05, 4.69) is 5.32 Å². The van der Waals surface area contributed by atoms with E-state index in [1.807, 2.05) is 61.5 Å². The summed E-state index contributed by atoms with van der Waals surface area (Å²) in [6.07, 6.45) is 0. The molecule has 0 aliphatic rings. The van der Waals surface area contributed by atoms with E-state index in [-0.39, 0.29) is 6.04 Å². The van der Waals surface area contributed by atoms with Crippen LogP contribution in [0.3, 0.4) is 0 Å². The van der Waals surface area contributed by atoms with Crippen molar-refractivity contribution in [1.29, 1.82) is 0 Å². The maximum absolute atomic E-state index is 12.5. The quantitative estimate of drug-likeness (QED) is 0.854. The second kappa shape index (κ2) is 7.96. The second-order valence-corrected chi connectivity index (χ2v) is 6.17. The van der Waals surface area contributed by atoms with Gasteiger partial charge in [-0.3, -0.25) is 4.21 Å². The summed E-state index contributed by atoms with van der Waals surface area (Å²) in [5.41, 5.74) is 1.05. The molecule has 0 aliphatic carbocycles. The molecule has 2 atom stereocenters. The Morgan fingerprint density at radius 1 is 1.10 bits per heavy atom. The predicted molar refractivity (Wildman–Crippen MR) is 87.1 cm³/mol. The highest BCUT2D eigenvalue weighted by atomic mass is 32.2. The van der Waals surface area contributed by atoms with Gasteiger partial charge < -0.3 is 10.1 Å². The van der Waals surface area contributed by atoms with E-state index in [1.54, 1.807) is 7.11 Å². The van der Waals surface area contributed by atoms with Crippen LogP contribution in [0.1, 0.15) is 18.5 Å². The van der Waals surface area contributed by atoms with E-state index in [4.69, 9.17) is 4.74 Å². The number of hydrogen-bond acceptors (Lipinski definition) is 3. The zero-order valence-corrected chi connectivity index (χ0v) is 13.2. The van der Waals surface area contributed by atoms with Gasteiger partial charge in [0.25, 0.3) is 0 Å². The first-order valence-corrected chi connectivity index (χ1v) is 8.38. The van der Waals surface area contributed by atoms with Crippen LogP contribution < -0.4 is 10.1 Å². The molecule has 0 saturated carbocycles. The topological polar surface area (TPSA) is 38.3 Å². The summed E-state index contributed by atoms with van der Waals surface area (Å²) in [5, 5.41) is 3.40. The van der Waals surface area contributed by atoms with Crippen molar-refractivity contribution in [3.05, 3.63) is 60.2 Å². The van der Waals surface area contributed by atoms with Gasteiger partial charge in [-0.05, 0) is 24.7 Å². The molecular formula is C17H21NO2S. The summed E-state index contributed by atoms with van der Waals surface area (Å²) in [6.45, 7) is 2.86. The van der Waals surface area contributed by atoms with Crippen molar-refractivity contribution >= 4 is 10.8 Å². The van der Waals surface area contributed by atoms with E-state index in [1.165, 1.54) is 0 Å². The summed E-state index contributed by atoms with van der Waals surface area (Å²) in [5.74, 6) is 1.35. The van der Waals surface area contributed by atoms with Crippen LogP contribution in [0.25, 0.3) is 0 Å². The first-order valence-electron chi connectivity index (χ1n) is 7.06. The fraction of sp³-hybridized carbons (Fsp3) is 0.294. The first-order chi connectivity index (χ1) is 10.3. The van der Waals surface area contributed by atoms with Crippen molar-refractivity contribution in [1.82, 2.24) is 5.32 Å². The summed E-state index contributed by atoms with van der Waals surface area (Å²) in [4.78, 5) is 0.857. The van der Waals surface area contributed by atoms with Crippen molar-refractivity contribution in [3.63, 3.8) is 0 Å². The summed E-state index contributed by atoms with van der Waals surface area (Å²) < 4.78 is 18.0. The van der Waals surface area contributed by atoms with Gasteiger partial charge in [-0.15, -0.1) is 0 Å². The summed E-state index contributed by atoms with van der Waals surface area (Å²) in [7, 11) is 0.619. The fourth-order valence-corrected chi connectivity index (χ4v) is 3.53. The summed E-state index contributed by atoms with van der Waals surface area (Å²) in [6, 6.07) is 17.5. The number of hydrogen-bond donors (Lipinski definition) is 1. The van der Waals surface area contributed by atoms with Crippen molar-refractivity contribution in [2.24, 2.45) is 0 Å².